The van der Waals surface area contributed by atoms with Crippen LogP contribution in [0.1, 0.15) is 21.5 Å². The number of carbonyl (C=O) groups is 2. The number of benzene rings is 2. The highest BCUT2D eigenvalue weighted by Crippen LogP contribution is 2.49. The average molecular weight is 450 g/mol. The van der Waals surface area contributed by atoms with Gasteiger partial charge in [-0.15, -0.1) is 0 Å². The third-order valence-corrected chi connectivity index (χ3v) is 6.42. The van der Waals surface area contributed by atoms with E-state index in [1.807, 2.05) is 0 Å². The Morgan fingerprint density at radius 3 is 2.23 bits per heavy atom. The minimum absolute atomic E-state index is 0.0321. The van der Waals surface area contributed by atoms with Gasteiger partial charge in [-0.05, 0) is 17.7 Å². The first-order valence-corrected chi connectivity index (χ1v) is 10.9. The van der Waals surface area contributed by atoms with Crippen LogP contribution in [0.3, 0.4) is 0 Å². The molecule has 0 aliphatic carbocycles. The van der Waals surface area contributed by atoms with Crippen molar-refractivity contribution in [2.24, 2.45) is 0 Å². The molecule has 0 bridgehead atoms. The zero-order valence-electron chi connectivity index (χ0n) is 17.3. The smallest absolute Gasteiger partial charge is 0.334 e. The fraction of sp³-hybridized carbons (Fsp3) is 0.300. The average Bonchev–Trinajstić information content (AvgIpc) is 2.78. The molecule has 0 saturated carbocycles. The highest BCUT2D eigenvalue weighted by atomic mass is 31.2. The maximum atomic E-state index is 12.6. The van der Waals surface area contributed by atoms with Crippen LogP contribution >= 0.6 is 7.60 Å². The fourth-order valence-corrected chi connectivity index (χ4v) is 3.91. The number of amides is 1. The summed E-state index contributed by atoms with van der Waals surface area (Å²) in [6.07, 6.45) is -0.0805. The van der Waals surface area contributed by atoms with Crippen molar-refractivity contribution in [3.63, 3.8) is 0 Å². The summed E-state index contributed by atoms with van der Waals surface area (Å²) in [5.74, 6) is -1.30. The topological polar surface area (TPSA) is 134 Å². The van der Waals surface area contributed by atoms with E-state index in [1.165, 1.54) is 51.7 Å². The second-order valence-electron chi connectivity index (χ2n) is 6.47. The third kappa shape index (κ3) is 6.45. The first kappa shape index (κ1) is 24.2. The molecule has 0 spiro atoms. The lowest BCUT2D eigenvalue weighted by Gasteiger charge is -2.17. The number of ether oxygens (including phenoxy) is 1. The van der Waals surface area contributed by atoms with Crippen LogP contribution in [0, 0.1) is 10.1 Å². The lowest BCUT2D eigenvalue weighted by atomic mass is 10.0. The van der Waals surface area contributed by atoms with Gasteiger partial charge in [-0.25, -0.2) is 4.79 Å². The van der Waals surface area contributed by atoms with Gasteiger partial charge in [-0.1, -0.05) is 30.3 Å². The van der Waals surface area contributed by atoms with Crippen LogP contribution in [0.5, 0.6) is 0 Å². The monoisotopic (exact) mass is 450 g/mol. The van der Waals surface area contributed by atoms with Crippen LogP contribution in [-0.4, -0.2) is 44.2 Å². The van der Waals surface area contributed by atoms with E-state index < -0.39 is 30.4 Å². The minimum Gasteiger partial charge on any atom is -0.467 e. The largest absolute Gasteiger partial charge is 0.467 e. The second kappa shape index (κ2) is 10.8. The summed E-state index contributed by atoms with van der Waals surface area (Å²) in [5.41, 5.74) is 1.00. The molecule has 31 heavy (non-hydrogen) atoms. The molecule has 1 atom stereocenters. The molecular weight excluding hydrogens is 427 g/mol. The highest BCUT2D eigenvalue weighted by Gasteiger charge is 2.26. The molecule has 0 radical (unpaired) electrons. The Bertz CT molecular complexity index is 985. The first-order valence-electron chi connectivity index (χ1n) is 9.13. The van der Waals surface area contributed by atoms with Crippen molar-refractivity contribution in [1.82, 2.24) is 5.32 Å². The summed E-state index contributed by atoms with van der Waals surface area (Å²) in [5, 5.41) is 13.8. The van der Waals surface area contributed by atoms with E-state index in [-0.39, 0.29) is 29.4 Å². The number of methoxy groups -OCH3 is 1. The normalized spacial score (nSPS) is 12.1. The van der Waals surface area contributed by atoms with Gasteiger partial charge < -0.3 is 19.1 Å². The molecule has 0 saturated heterocycles. The second-order valence-corrected chi connectivity index (χ2v) is 8.74. The van der Waals surface area contributed by atoms with Gasteiger partial charge in [-0.2, -0.15) is 0 Å². The van der Waals surface area contributed by atoms with Gasteiger partial charge >= 0.3 is 13.6 Å². The van der Waals surface area contributed by atoms with E-state index in [1.54, 1.807) is 18.2 Å². The first-order chi connectivity index (χ1) is 14.7. The molecule has 1 N–H and O–H groups in total. The van der Waals surface area contributed by atoms with Gasteiger partial charge in [0.2, 0.25) is 0 Å². The number of esters is 1. The molecule has 2 aromatic carbocycles. The molecule has 0 unspecified atom stereocenters. The molecule has 0 aromatic heterocycles. The number of nitro benzene ring substituents is 1. The van der Waals surface area contributed by atoms with Gasteiger partial charge in [-0.3, -0.25) is 19.5 Å². The van der Waals surface area contributed by atoms with Crippen molar-refractivity contribution >= 4 is 25.2 Å². The molecule has 0 fully saturated rings. The van der Waals surface area contributed by atoms with Gasteiger partial charge in [0.1, 0.15) is 6.04 Å². The third-order valence-electron chi connectivity index (χ3n) is 4.55. The van der Waals surface area contributed by atoms with Crippen molar-refractivity contribution in [2.75, 3.05) is 21.3 Å². The number of hydrogen-bond donors (Lipinski definition) is 1. The number of hydrogen-bond acceptors (Lipinski definition) is 8. The number of carbonyl (C=O) groups excluding carboxylic acids is 2. The summed E-state index contributed by atoms with van der Waals surface area (Å²) < 4.78 is 26.8. The zero-order valence-corrected chi connectivity index (χ0v) is 18.2. The molecule has 0 aliphatic heterocycles. The SMILES string of the molecule is COC(=O)[C@@H](Cc1ccccc1[N+](=O)[O-])NC(=O)c1ccc(CP(=O)(OC)OC)cc1. The van der Waals surface area contributed by atoms with E-state index in [0.717, 1.165) is 0 Å². The Hall–Kier alpha value is -3.07. The van der Waals surface area contributed by atoms with Crippen molar-refractivity contribution in [2.45, 2.75) is 18.6 Å². The molecule has 0 heterocycles. The Morgan fingerprint density at radius 2 is 1.68 bits per heavy atom. The van der Waals surface area contributed by atoms with E-state index in [4.69, 9.17) is 13.8 Å². The van der Waals surface area contributed by atoms with E-state index in [9.17, 15) is 24.3 Å². The van der Waals surface area contributed by atoms with Crippen LogP contribution in [0.4, 0.5) is 5.69 Å². The van der Waals surface area contributed by atoms with Gasteiger partial charge in [0.25, 0.3) is 11.6 Å². The summed E-state index contributed by atoms with van der Waals surface area (Å²) in [7, 11) is 0.492. The Morgan fingerprint density at radius 1 is 1.06 bits per heavy atom. The number of nitro groups is 1. The molecule has 166 valence electrons. The Balaban J connectivity index is 2.17. The van der Waals surface area contributed by atoms with Crippen molar-refractivity contribution in [1.29, 1.82) is 0 Å². The predicted molar refractivity (Wildman–Crippen MR) is 112 cm³/mol. The van der Waals surface area contributed by atoms with E-state index in [0.29, 0.717) is 5.56 Å². The lowest BCUT2D eigenvalue weighted by Crippen LogP contribution is -2.43. The molecule has 10 nitrogen and oxygen atoms in total. The molecule has 2 aromatic rings. The molecular formula is C20H23N2O8P. The molecule has 2 rings (SSSR count). The van der Waals surface area contributed by atoms with Crippen molar-refractivity contribution in [3.05, 3.63) is 75.3 Å². The number of nitrogens with zero attached hydrogens (tertiary/aromatic N) is 1. The number of rotatable bonds is 10. The molecule has 1 amide bonds. The van der Waals surface area contributed by atoms with Gasteiger partial charge in [0.05, 0.1) is 18.2 Å². The quantitative estimate of drug-likeness (QED) is 0.253. The Kier molecular flexibility index (Phi) is 8.44. The number of nitrogens with one attached hydrogen (secondary N) is 1. The predicted octanol–water partition coefficient (Wildman–Crippen LogP) is 3.09. The summed E-state index contributed by atoms with van der Waals surface area (Å²) in [6.45, 7) is 0. The molecule has 0 aliphatic rings. The zero-order chi connectivity index (χ0) is 23.0. The van der Waals surface area contributed by atoms with Crippen LogP contribution in [-0.2, 0) is 35.7 Å². The van der Waals surface area contributed by atoms with Crippen LogP contribution in [0.15, 0.2) is 48.5 Å². The standard InChI is InChI=1S/C20H23N2O8P/c1-28-20(24)17(12-16-6-4-5-7-18(16)22(25)26)21-19(23)15-10-8-14(9-11-15)13-31(27,29-2)30-3/h4-11,17H,12-13H2,1-3H3,(H,21,23)/t17-/m1/s1. The van der Waals surface area contributed by atoms with Crippen LogP contribution in [0.2, 0.25) is 0 Å². The summed E-state index contributed by atoms with van der Waals surface area (Å²) in [6, 6.07) is 11.0. The minimum atomic E-state index is -3.25. The lowest BCUT2D eigenvalue weighted by molar-refractivity contribution is -0.385. The van der Waals surface area contributed by atoms with Crippen LogP contribution in [0.25, 0.3) is 0 Å². The van der Waals surface area contributed by atoms with E-state index >= 15 is 0 Å². The Labute approximate surface area is 179 Å². The summed E-state index contributed by atoms with van der Waals surface area (Å²) >= 11 is 0. The van der Waals surface area contributed by atoms with Crippen LogP contribution < -0.4 is 5.32 Å². The van der Waals surface area contributed by atoms with Gasteiger partial charge in [0.15, 0.2) is 0 Å². The van der Waals surface area contributed by atoms with Gasteiger partial charge in [0, 0.05) is 37.8 Å². The van der Waals surface area contributed by atoms with Crippen molar-refractivity contribution in [3.8, 4) is 0 Å². The maximum Gasteiger partial charge on any atom is 0.334 e. The number of para-hydroxylation sites is 1. The summed E-state index contributed by atoms with van der Waals surface area (Å²) in [4.78, 5) is 35.5. The highest BCUT2D eigenvalue weighted by molar-refractivity contribution is 7.52. The fourth-order valence-electron chi connectivity index (χ4n) is 2.85. The molecule has 11 heteroatoms. The maximum absolute atomic E-state index is 12.6. The van der Waals surface area contributed by atoms with Crippen molar-refractivity contribution < 1.29 is 32.9 Å². The van der Waals surface area contributed by atoms with E-state index in [2.05, 4.69) is 5.32 Å².